The van der Waals surface area contributed by atoms with Crippen LogP contribution in [0.5, 0.6) is 0 Å². The number of hydrogen-bond acceptors (Lipinski definition) is 5. The summed E-state index contributed by atoms with van der Waals surface area (Å²) in [5.41, 5.74) is 0. The largest absolute Gasteiger partial charge is 0.463 e. The highest BCUT2D eigenvalue weighted by Crippen LogP contribution is 2.08. The zero-order valence-electron chi connectivity index (χ0n) is 13.1. The summed E-state index contributed by atoms with van der Waals surface area (Å²) in [4.78, 5) is 11.3. The average molecular weight is 309 g/mol. The summed E-state index contributed by atoms with van der Waals surface area (Å²) in [6, 6.07) is 1.95. The van der Waals surface area contributed by atoms with Gasteiger partial charge >= 0.3 is 5.97 Å². The fourth-order valence-corrected chi connectivity index (χ4v) is 1.79. The number of unbranched alkanes of at least 4 members (excludes halogenated alkanes) is 5. The van der Waals surface area contributed by atoms with Gasteiger partial charge in [0.25, 0.3) is 0 Å². The van der Waals surface area contributed by atoms with Crippen LogP contribution in [0.1, 0.15) is 51.4 Å². The van der Waals surface area contributed by atoms with Crippen LogP contribution in [0.4, 0.5) is 0 Å². The number of hydrogen-bond donors (Lipinski definition) is 2. The number of rotatable bonds is 13. The van der Waals surface area contributed by atoms with Crippen molar-refractivity contribution in [2.75, 3.05) is 13.2 Å². The smallest absolute Gasteiger partial charge is 0.305 e. The van der Waals surface area contributed by atoms with Gasteiger partial charge in [-0.3, -0.25) is 4.79 Å². The lowest BCUT2D eigenvalue weighted by molar-refractivity contribution is -0.147. The second-order valence-corrected chi connectivity index (χ2v) is 5.06. The van der Waals surface area contributed by atoms with Gasteiger partial charge in [0.05, 0.1) is 12.7 Å². The number of nitriles is 1. The fourth-order valence-electron chi connectivity index (χ4n) is 1.79. The lowest BCUT2D eigenvalue weighted by Crippen LogP contribution is -2.21. The molecule has 0 saturated carbocycles. The topological polar surface area (TPSA) is 90.6 Å². The Balaban J connectivity index is 3.31. The van der Waals surface area contributed by atoms with E-state index < -0.39 is 12.7 Å². The molecular weight excluding hydrogens is 282 g/mol. The molecule has 0 aromatic rings. The van der Waals surface area contributed by atoms with Crippen LogP contribution in [0, 0.1) is 11.3 Å². The first-order valence-corrected chi connectivity index (χ1v) is 7.85. The number of aliphatic hydroxyl groups is 2. The third kappa shape index (κ3) is 14.8. The van der Waals surface area contributed by atoms with Crippen LogP contribution >= 0.6 is 0 Å². The van der Waals surface area contributed by atoms with Crippen LogP contribution < -0.4 is 0 Å². The van der Waals surface area contributed by atoms with E-state index in [4.69, 9.17) is 20.2 Å². The Bertz CT molecular complexity index is 371. The minimum atomic E-state index is -0.979. The molecule has 0 rings (SSSR count). The van der Waals surface area contributed by atoms with Crippen molar-refractivity contribution in [1.29, 1.82) is 5.26 Å². The number of ether oxygens (including phenoxy) is 1. The quantitative estimate of drug-likeness (QED) is 0.236. The highest BCUT2D eigenvalue weighted by molar-refractivity contribution is 5.69. The fraction of sp³-hybridized carbons (Fsp3) is 0.647. The second-order valence-electron chi connectivity index (χ2n) is 5.06. The van der Waals surface area contributed by atoms with Crippen molar-refractivity contribution >= 4 is 5.97 Å². The first kappa shape index (κ1) is 20.4. The lowest BCUT2D eigenvalue weighted by atomic mass is 10.1. The maximum absolute atomic E-state index is 11.3. The molecule has 5 nitrogen and oxygen atoms in total. The molecule has 0 heterocycles. The Kier molecular flexibility index (Phi) is 14.6. The van der Waals surface area contributed by atoms with Crippen molar-refractivity contribution in [2.45, 2.75) is 57.5 Å². The molecule has 2 N–H and O–H groups in total. The van der Waals surface area contributed by atoms with Crippen LogP contribution in [0.2, 0.25) is 0 Å². The molecule has 1 unspecified atom stereocenters. The van der Waals surface area contributed by atoms with Crippen LogP contribution in [0.25, 0.3) is 0 Å². The van der Waals surface area contributed by atoms with E-state index >= 15 is 0 Å². The Morgan fingerprint density at radius 1 is 1.14 bits per heavy atom. The molecule has 0 bridgehead atoms. The molecule has 1 atom stereocenters. The Morgan fingerprint density at radius 3 is 2.59 bits per heavy atom. The molecule has 0 aliphatic heterocycles. The van der Waals surface area contributed by atoms with Crippen molar-refractivity contribution in [2.24, 2.45) is 0 Å². The van der Waals surface area contributed by atoms with E-state index in [9.17, 15) is 4.79 Å². The molecule has 0 spiro atoms. The van der Waals surface area contributed by atoms with Crippen molar-refractivity contribution < 1.29 is 19.7 Å². The van der Waals surface area contributed by atoms with E-state index in [1.54, 1.807) is 0 Å². The Labute approximate surface area is 132 Å². The third-order valence-electron chi connectivity index (χ3n) is 3.03. The maximum atomic E-state index is 11.3. The lowest BCUT2D eigenvalue weighted by Gasteiger charge is -2.08. The van der Waals surface area contributed by atoms with Crippen LogP contribution in [0.3, 0.4) is 0 Å². The van der Waals surface area contributed by atoms with Crippen LogP contribution in [-0.4, -0.2) is 35.5 Å². The second kappa shape index (κ2) is 15.7. The normalized spacial score (nSPS) is 12.6. The number of carbonyl (C=O) groups is 1. The maximum Gasteiger partial charge on any atom is 0.305 e. The van der Waals surface area contributed by atoms with Gasteiger partial charge in [-0.1, -0.05) is 37.5 Å². The van der Waals surface area contributed by atoms with Crippen molar-refractivity contribution in [3.63, 3.8) is 0 Å². The summed E-state index contributed by atoms with van der Waals surface area (Å²) >= 11 is 0. The van der Waals surface area contributed by atoms with Crippen LogP contribution in [0.15, 0.2) is 24.3 Å². The van der Waals surface area contributed by atoms with E-state index in [0.717, 1.165) is 44.9 Å². The average Bonchev–Trinajstić information content (AvgIpc) is 2.53. The summed E-state index contributed by atoms with van der Waals surface area (Å²) in [5.74, 6) is -0.319. The summed E-state index contributed by atoms with van der Waals surface area (Å²) in [6.07, 6.45) is 13.9. The molecule has 5 heteroatoms. The minimum absolute atomic E-state index is 0.134. The molecule has 0 aliphatic carbocycles. The van der Waals surface area contributed by atoms with Crippen molar-refractivity contribution in [1.82, 2.24) is 0 Å². The molecule has 0 fully saturated rings. The number of nitrogens with zero attached hydrogens (tertiary/aromatic N) is 1. The van der Waals surface area contributed by atoms with Gasteiger partial charge in [0.15, 0.2) is 0 Å². The summed E-state index contributed by atoms with van der Waals surface area (Å²) in [5, 5.41) is 25.9. The molecular formula is C17H27NO4. The van der Waals surface area contributed by atoms with E-state index in [-0.39, 0.29) is 12.6 Å². The molecule has 0 aliphatic rings. The minimum Gasteiger partial charge on any atom is -0.463 e. The molecule has 124 valence electrons. The zero-order valence-corrected chi connectivity index (χ0v) is 13.1. The van der Waals surface area contributed by atoms with E-state index in [1.165, 1.54) is 6.08 Å². The molecule has 0 radical (unpaired) electrons. The molecule has 0 saturated heterocycles. The Morgan fingerprint density at radius 2 is 1.86 bits per heavy atom. The zero-order chi connectivity index (χ0) is 16.5. The van der Waals surface area contributed by atoms with Gasteiger partial charge in [-0.05, 0) is 25.7 Å². The first-order valence-electron chi connectivity index (χ1n) is 7.85. The van der Waals surface area contributed by atoms with Gasteiger partial charge in [0.2, 0.25) is 0 Å². The summed E-state index contributed by atoms with van der Waals surface area (Å²) in [6.45, 7) is -0.526. The number of aliphatic hydroxyl groups excluding tert-OH is 2. The molecule has 22 heavy (non-hydrogen) atoms. The SMILES string of the molecule is N#C/C=C/C/C=C/CCCCCCCC(=O)OCC(O)CO. The first-order chi connectivity index (χ1) is 10.7. The van der Waals surface area contributed by atoms with Gasteiger partial charge in [0, 0.05) is 12.5 Å². The third-order valence-corrected chi connectivity index (χ3v) is 3.03. The van der Waals surface area contributed by atoms with Crippen molar-refractivity contribution in [3.05, 3.63) is 24.3 Å². The monoisotopic (exact) mass is 309 g/mol. The van der Waals surface area contributed by atoms with Gasteiger partial charge in [0.1, 0.15) is 12.7 Å². The van der Waals surface area contributed by atoms with Gasteiger partial charge in [-0.15, -0.1) is 0 Å². The highest BCUT2D eigenvalue weighted by atomic mass is 16.5. The van der Waals surface area contributed by atoms with E-state index in [1.807, 2.05) is 12.1 Å². The standard InChI is InChI=1S/C17H27NO4/c18-13-11-9-7-5-3-1-2-4-6-8-10-12-17(21)22-15-16(20)14-19/h3,5,9,11,16,19-20H,1-2,4,6-8,10,12,14-15H2/b5-3+,11-9+. The molecule has 0 aromatic heterocycles. The molecule has 0 amide bonds. The summed E-state index contributed by atoms with van der Waals surface area (Å²) in [7, 11) is 0. The van der Waals surface area contributed by atoms with E-state index in [2.05, 4.69) is 12.2 Å². The predicted molar refractivity (Wildman–Crippen MR) is 84.9 cm³/mol. The number of esters is 1. The highest BCUT2D eigenvalue weighted by Gasteiger charge is 2.07. The van der Waals surface area contributed by atoms with Gasteiger partial charge < -0.3 is 14.9 Å². The van der Waals surface area contributed by atoms with Crippen LogP contribution in [-0.2, 0) is 9.53 Å². The van der Waals surface area contributed by atoms with Gasteiger partial charge in [-0.25, -0.2) is 0 Å². The Hall–Kier alpha value is -1.64. The number of carbonyl (C=O) groups excluding carboxylic acids is 1. The predicted octanol–water partition coefficient (Wildman–Crippen LogP) is 2.64. The molecule has 0 aromatic carbocycles. The van der Waals surface area contributed by atoms with Gasteiger partial charge in [-0.2, -0.15) is 5.26 Å². The number of allylic oxidation sites excluding steroid dienone is 4. The summed E-state index contributed by atoms with van der Waals surface area (Å²) < 4.78 is 4.81. The van der Waals surface area contributed by atoms with Crippen molar-refractivity contribution in [3.8, 4) is 6.07 Å². The van der Waals surface area contributed by atoms with E-state index in [0.29, 0.717) is 6.42 Å².